The zero-order valence-electron chi connectivity index (χ0n) is 11.5. The molecular formula is C14H21NO5. The zero-order valence-corrected chi connectivity index (χ0v) is 11.5. The lowest BCUT2D eigenvalue weighted by Crippen LogP contribution is -2.52. The van der Waals surface area contributed by atoms with E-state index < -0.39 is 11.8 Å². The van der Waals surface area contributed by atoms with E-state index in [1.165, 1.54) is 0 Å². The van der Waals surface area contributed by atoms with Crippen LogP contribution in [-0.4, -0.2) is 54.0 Å². The van der Waals surface area contributed by atoms with Crippen molar-refractivity contribution in [2.45, 2.75) is 37.9 Å². The SMILES string of the molecule is O=C(O)[C@H]1CC[C@@H](C(=O)N2CCCC3(C2)OCCO3)C1. The third-order valence-corrected chi connectivity index (χ3v) is 4.67. The highest BCUT2D eigenvalue weighted by Gasteiger charge is 2.44. The Morgan fingerprint density at radius 3 is 2.50 bits per heavy atom. The van der Waals surface area contributed by atoms with Crippen molar-refractivity contribution >= 4 is 11.9 Å². The van der Waals surface area contributed by atoms with Crippen molar-refractivity contribution in [2.75, 3.05) is 26.3 Å². The van der Waals surface area contributed by atoms with E-state index >= 15 is 0 Å². The monoisotopic (exact) mass is 283 g/mol. The van der Waals surface area contributed by atoms with Gasteiger partial charge in [0.25, 0.3) is 0 Å². The highest BCUT2D eigenvalue weighted by atomic mass is 16.7. The predicted octanol–water partition coefficient (Wildman–Crippen LogP) is 0.853. The molecule has 0 radical (unpaired) electrons. The lowest BCUT2D eigenvalue weighted by molar-refractivity contribution is -0.194. The van der Waals surface area contributed by atoms with Crippen LogP contribution in [0.1, 0.15) is 32.1 Å². The topological polar surface area (TPSA) is 76.1 Å². The number of carboxylic acid groups (broad SMARTS) is 1. The summed E-state index contributed by atoms with van der Waals surface area (Å²) < 4.78 is 11.3. The van der Waals surface area contributed by atoms with Crippen molar-refractivity contribution in [3.63, 3.8) is 0 Å². The third kappa shape index (κ3) is 2.54. The molecule has 0 aromatic carbocycles. The predicted molar refractivity (Wildman–Crippen MR) is 68.9 cm³/mol. The second-order valence-corrected chi connectivity index (χ2v) is 6.02. The lowest BCUT2D eigenvalue weighted by Gasteiger charge is -2.39. The molecule has 3 rings (SSSR count). The average Bonchev–Trinajstić information content (AvgIpc) is 3.08. The third-order valence-electron chi connectivity index (χ3n) is 4.67. The molecule has 1 aliphatic carbocycles. The number of piperidine rings is 1. The van der Waals surface area contributed by atoms with Crippen LogP contribution >= 0.6 is 0 Å². The van der Waals surface area contributed by atoms with Crippen LogP contribution in [0.3, 0.4) is 0 Å². The largest absolute Gasteiger partial charge is 0.481 e. The molecule has 0 bridgehead atoms. The van der Waals surface area contributed by atoms with Gasteiger partial charge in [-0.1, -0.05) is 0 Å². The quantitative estimate of drug-likeness (QED) is 0.813. The number of carbonyl (C=O) groups is 2. The molecule has 2 atom stereocenters. The van der Waals surface area contributed by atoms with E-state index in [0.29, 0.717) is 39.0 Å². The van der Waals surface area contributed by atoms with Crippen LogP contribution in [0.4, 0.5) is 0 Å². The van der Waals surface area contributed by atoms with E-state index in [1.807, 2.05) is 4.90 Å². The summed E-state index contributed by atoms with van der Waals surface area (Å²) in [5.41, 5.74) is 0. The number of amides is 1. The maximum absolute atomic E-state index is 12.5. The number of ether oxygens (including phenoxy) is 2. The maximum atomic E-state index is 12.5. The van der Waals surface area contributed by atoms with Crippen LogP contribution in [0.15, 0.2) is 0 Å². The number of aliphatic carboxylic acids is 1. The van der Waals surface area contributed by atoms with Gasteiger partial charge in [0.05, 0.1) is 25.7 Å². The fourth-order valence-electron chi connectivity index (χ4n) is 3.60. The van der Waals surface area contributed by atoms with Crippen LogP contribution in [0.2, 0.25) is 0 Å². The Morgan fingerprint density at radius 1 is 1.15 bits per heavy atom. The number of rotatable bonds is 2. The molecule has 0 aromatic rings. The van der Waals surface area contributed by atoms with Gasteiger partial charge in [-0.3, -0.25) is 9.59 Å². The Balaban J connectivity index is 1.61. The smallest absolute Gasteiger partial charge is 0.306 e. The minimum absolute atomic E-state index is 0.0759. The second-order valence-electron chi connectivity index (χ2n) is 6.02. The van der Waals surface area contributed by atoms with E-state index in [-0.39, 0.29) is 17.7 Å². The highest BCUT2D eigenvalue weighted by Crippen LogP contribution is 2.35. The summed E-state index contributed by atoms with van der Waals surface area (Å²) >= 11 is 0. The van der Waals surface area contributed by atoms with E-state index in [1.54, 1.807) is 0 Å². The van der Waals surface area contributed by atoms with Gasteiger partial charge in [-0.15, -0.1) is 0 Å². The molecule has 6 heteroatoms. The fraction of sp³-hybridized carbons (Fsp3) is 0.857. The van der Waals surface area contributed by atoms with Crippen LogP contribution in [0.5, 0.6) is 0 Å². The van der Waals surface area contributed by atoms with Crippen LogP contribution in [0, 0.1) is 11.8 Å². The Bertz CT molecular complexity index is 404. The Hall–Kier alpha value is -1.14. The van der Waals surface area contributed by atoms with Gasteiger partial charge in [-0.25, -0.2) is 0 Å². The van der Waals surface area contributed by atoms with E-state index in [9.17, 15) is 9.59 Å². The molecule has 1 N–H and O–H groups in total. The molecule has 0 unspecified atom stereocenters. The summed E-state index contributed by atoms with van der Waals surface area (Å²) in [5, 5.41) is 9.03. The number of hydrogen-bond acceptors (Lipinski definition) is 4. The molecule has 2 heterocycles. The summed E-state index contributed by atoms with van der Waals surface area (Å²) in [4.78, 5) is 25.3. The first-order valence-corrected chi connectivity index (χ1v) is 7.39. The van der Waals surface area contributed by atoms with Gasteiger partial charge in [-0.05, 0) is 25.7 Å². The number of nitrogens with zero attached hydrogens (tertiary/aromatic N) is 1. The van der Waals surface area contributed by atoms with Gasteiger partial charge in [-0.2, -0.15) is 0 Å². The molecule has 6 nitrogen and oxygen atoms in total. The minimum atomic E-state index is -0.780. The molecule has 1 amide bonds. The second kappa shape index (κ2) is 5.33. The molecule has 1 saturated carbocycles. The van der Waals surface area contributed by atoms with Crippen LogP contribution in [0.25, 0.3) is 0 Å². The summed E-state index contributed by atoms with van der Waals surface area (Å²) in [7, 11) is 0. The number of hydrogen-bond donors (Lipinski definition) is 1. The van der Waals surface area contributed by atoms with E-state index in [0.717, 1.165) is 19.4 Å². The minimum Gasteiger partial charge on any atom is -0.481 e. The molecular weight excluding hydrogens is 262 g/mol. The van der Waals surface area contributed by atoms with Gasteiger partial charge >= 0.3 is 5.97 Å². The van der Waals surface area contributed by atoms with Gasteiger partial charge in [0, 0.05) is 18.9 Å². The number of carbonyl (C=O) groups excluding carboxylic acids is 1. The first kappa shape index (κ1) is 13.8. The summed E-state index contributed by atoms with van der Waals surface area (Å²) in [6, 6.07) is 0. The first-order valence-electron chi connectivity index (χ1n) is 7.39. The average molecular weight is 283 g/mol. The molecule has 3 fully saturated rings. The summed E-state index contributed by atoms with van der Waals surface area (Å²) in [5.74, 6) is -1.81. The van der Waals surface area contributed by atoms with Crippen molar-refractivity contribution in [1.29, 1.82) is 0 Å². The summed E-state index contributed by atoms with van der Waals surface area (Å²) in [6.45, 7) is 2.39. The first-order chi connectivity index (χ1) is 9.60. The number of likely N-dealkylation sites (tertiary alicyclic amines) is 1. The molecule has 2 aliphatic heterocycles. The fourth-order valence-corrected chi connectivity index (χ4v) is 3.60. The van der Waals surface area contributed by atoms with Crippen molar-refractivity contribution in [2.24, 2.45) is 11.8 Å². The Morgan fingerprint density at radius 2 is 1.85 bits per heavy atom. The highest BCUT2D eigenvalue weighted by molar-refractivity contribution is 5.81. The lowest BCUT2D eigenvalue weighted by atomic mass is 9.99. The van der Waals surface area contributed by atoms with Crippen molar-refractivity contribution < 1.29 is 24.2 Å². The van der Waals surface area contributed by atoms with Crippen LogP contribution < -0.4 is 0 Å². The molecule has 20 heavy (non-hydrogen) atoms. The summed E-state index contributed by atoms with van der Waals surface area (Å²) in [6.07, 6.45) is 3.47. The van der Waals surface area contributed by atoms with E-state index in [4.69, 9.17) is 14.6 Å². The van der Waals surface area contributed by atoms with Crippen LogP contribution in [-0.2, 0) is 19.1 Å². The Kier molecular flexibility index (Phi) is 3.69. The van der Waals surface area contributed by atoms with Gasteiger partial charge in [0.15, 0.2) is 5.79 Å². The van der Waals surface area contributed by atoms with E-state index in [2.05, 4.69) is 0 Å². The normalized spacial score (nSPS) is 32.7. The van der Waals surface area contributed by atoms with Crippen molar-refractivity contribution in [1.82, 2.24) is 4.90 Å². The van der Waals surface area contributed by atoms with Gasteiger partial charge in [0.1, 0.15) is 0 Å². The van der Waals surface area contributed by atoms with Gasteiger partial charge < -0.3 is 19.5 Å². The maximum Gasteiger partial charge on any atom is 0.306 e. The molecule has 1 spiro atoms. The van der Waals surface area contributed by atoms with Crippen molar-refractivity contribution in [3.05, 3.63) is 0 Å². The standard InChI is InChI=1S/C14H21NO5/c16-12(10-2-3-11(8-10)13(17)18)15-5-1-4-14(9-15)19-6-7-20-14/h10-11H,1-9H2,(H,17,18)/t10-,11+/m1/s1. The molecule has 3 aliphatic rings. The molecule has 112 valence electrons. The number of carboxylic acids is 1. The molecule has 2 saturated heterocycles. The van der Waals surface area contributed by atoms with Gasteiger partial charge in [0.2, 0.25) is 5.91 Å². The van der Waals surface area contributed by atoms with Crippen molar-refractivity contribution in [3.8, 4) is 0 Å². The molecule has 0 aromatic heterocycles. The zero-order chi connectivity index (χ0) is 14.2. The Labute approximate surface area is 118 Å².